The first-order chi connectivity index (χ1) is 10.1. The van der Waals surface area contributed by atoms with Crippen LogP contribution < -0.4 is 20.6 Å². The van der Waals surface area contributed by atoms with E-state index in [9.17, 15) is 0 Å². The molecule has 0 bridgehead atoms. The number of hydrogen-bond acceptors (Lipinski definition) is 7. The predicted octanol–water partition coefficient (Wildman–Crippen LogP) is 3.50. The van der Waals surface area contributed by atoms with Gasteiger partial charge in [-0.2, -0.15) is 5.10 Å². The summed E-state index contributed by atoms with van der Waals surface area (Å²) in [7, 11) is 3.00. The molecule has 0 saturated carbocycles. The number of anilines is 2. The molecule has 0 aliphatic carbocycles. The second-order valence-electron chi connectivity index (χ2n) is 3.77. The Morgan fingerprint density at radius 2 is 2.14 bits per heavy atom. The molecular formula is C12H12Cl2N4O2S. The number of nitrogens with two attached hydrogens (primary N) is 1. The van der Waals surface area contributed by atoms with Crippen LogP contribution in [-0.4, -0.2) is 25.4 Å². The van der Waals surface area contributed by atoms with Gasteiger partial charge in [0.2, 0.25) is 5.13 Å². The van der Waals surface area contributed by atoms with E-state index in [1.54, 1.807) is 11.4 Å². The zero-order valence-corrected chi connectivity index (χ0v) is 13.5. The Kier molecular flexibility index (Phi) is 5.11. The van der Waals surface area contributed by atoms with E-state index in [0.29, 0.717) is 38.1 Å². The van der Waals surface area contributed by atoms with Gasteiger partial charge in [0.25, 0.3) is 0 Å². The van der Waals surface area contributed by atoms with E-state index in [0.717, 1.165) is 0 Å². The summed E-state index contributed by atoms with van der Waals surface area (Å²) in [6.07, 6.45) is 1.48. The summed E-state index contributed by atoms with van der Waals surface area (Å²) in [5, 5.41) is 7.00. The smallest absolute Gasteiger partial charge is 0.205 e. The number of rotatable bonds is 5. The molecule has 2 aromatic rings. The number of nitrogen functional groups attached to an aromatic ring is 1. The third-order valence-electron chi connectivity index (χ3n) is 2.47. The number of halogens is 2. The lowest BCUT2D eigenvalue weighted by Gasteiger charge is -2.12. The number of hydrazone groups is 1. The minimum Gasteiger partial charge on any atom is -0.493 e. The molecule has 3 N–H and O–H groups in total. The highest BCUT2D eigenvalue weighted by Crippen LogP contribution is 2.40. The molecule has 0 atom stereocenters. The molecule has 0 radical (unpaired) electrons. The summed E-state index contributed by atoms with van der Waals surface area (Å²) < 4.78 is 10.4. The maximum Gasteiger partial charge on any atom is 0.205 e. The second-order valence-corrected chi connectivity index (χ2v) is 5.41. The van der Waals surface area contributed by atoms with Crippen LogP contribution in [-0.2, 0) is 0 Å². The normalized spacial score (nSPS) is 10.9. The first-order valence-corrected chi connectivity index (χ1v) is 7.30. The van der Waals surface area contributed by atoms with Crippen LogP contribution in [0.1, 0.15) is 5.56 Å². The van der Waals surface area contributed by atoms with Gasteiger partial charge in [0.15, 0.2) is 11.5 Å². The van der Waals surface area contributed by atoms with Gasteiger partial charge in [-0.15, -0.1) is 11.3 Å². The van der Waals surface area contributed by atoms with Crippen LogP contribution >= 0.6 is 34.5 Å². The number of ether oxygens (including phenoxy) is 2. The maximum absolute atomic E-state index is 6.24. The number of thiazole rings is 1. The molecule has 1 heterocycles. The summed E-state index contributed by atoms with van der Waals surface area (Å²) in [5.74, 6) is 1.27. The third-order valence-corrected chi connectivity index (χ3v) is 3.93. The molecule has 0 spiro atoms. The molecule has 0 unspecified atom stereocenters. The number of benzene rings is 1. The quantitative estimate of drug-likeness (QED) is 0.639. The fourth-order valence-electron chi connectivity index (χ4n) is 1.54. The molecule has 0 aliphatic heterocycles. The number of methoxy groups -OCH3 is 2. The standard InChI is InChI=1S/C12H12Cl2N4O2S/c1-19-8-3-7(13)6(10(14)11(8)20-2)4-16-18-12-17-9(15)5-21-12/h3-5H,15H2,1-2H3,(H,17,18). The molecule has 0 fully saturated rings. The van der Waals surface area contributed by atoms with Gasteiger partial charge in [-0.25, -0.2) is 4.98 Å². The number of hydrogen-bond donors (Lipinski definition) is 2. The lowest BCUT2D eigenvalue weighted by atomic mass is 10.2. The van der Waals surface area contributed by atoms with Crippen molar-refractivity contribution in [2.75, 3.05) is 25.4 Å². The zero-order valence-electron chi connectivity index (χ0n) is 11.2. The largest absolute Gasteiger partial charge is 0.493 e. The van der Waals surface area contributed by atoms with Crippen molar-refractivity contribution in [2.45, 2.75) is 0 Å². The molecule has 112 valence electrons. The summed E-state index contributed by atoms with van der Waals surface area (Å²) in [5.41, 5.74) is 8.76. The van der Waals surface area contributed by atoms with Crippen molar-refractivity contribution in [1.82, 2.24) is 4.98 Å². The molecule has 2 rings (SSSR count). The second kappa shape index (κ2) is 6.84. The van der Waals surface area contributed by atoms with Crippen LogP contribution in [0.2, 0.25) is 10.0 Å². The Hall–Kier alpha value is -1.70. The Bertz CT molecular complexity index is 676. The number of nitrogens with zero attached hydrogens (tertiary/aromatic N) is 2. The van der Waals surface area contributed by atoms with E-state index < -0.39 is 0 Å². The SMILES string of the molecule is COc1cc(Cl)c(C=NNc2nc(N)cs2)c(Cl)c1OC. The van der Waals surface area contributed by atoms with Gasteiger partial charge in [0, 0.05) is 17.0 Å². The van der Waals surface area contributed by atoms with Crippen molar-refractivity contribution in [2.24, 2.45) is 5.10 Å². The summed E-state index contributed by atoms with van der Waals surface area (Å²) in [6.45, 7) is 0. The van der Waals surface area contributed by atoms with Gasteiger partial charge in [-0.05, 0) is 0 Å². The first-order valence-electron chi connectivity index (χ1n) is 5.66. The van der Waals surface area contributed by atoms with Gasteiger partial charge in [-0.1, -0.05) is 23.2 Å². The van der Waals surface area contributed by atoms with Crippen LogP contribution in [0.15, 0.2) is 16.5 Å². The first kappa shape index (κ1) is 15.7. The number of nitrogens with one attached hydrogen (secondary N) is 1. The molecular weight excluding hydrogens is 335 g/mol. The fraction of sp³-hybridized carbons (Fsp3) is 0.167. The van der Waals surface area contributed by atoms with Crippen LogP contribution in [0, 0.1) is 0 Å². The minimum atomic E-state index is 0.311. The van der Waals surface area contributed by atoms with Crippen LogP contribution in [0.25, 0.3) is 0 Å². The van der Waals surface area contributed by atoms with E-state index in [2.05, 4.69) is 15.5 Å². The van der Waals surface area contributed by atoms with Crippen molar-refractivity contribution < 1.29 is 9.47 Å². The molecule has 0 saturated heterocycles. The predicted molar refractivity (Wildman–Crippen MR) is 87.3 cm³/mol. The van der Waals surface area contributed by atoms with Gasteiger partial charge >= 0.3 is 0 Å². The van der Waals surface area contributed by atoms with Gasteiger partial charge in [-0.3, -0.25) is 5.43 Å². The molecule has 1 aromatic heterocycles. The van der Waals surface area contributed by atoms with Crippen molar-refractivity contribution in [3.05, 3.63) is 27.1 Å². The lowest BCUT2D eigenvalue weighted by molar-refractivity contribution is 0.355. The van der Waals surface area contributed by atoms with E-state index in [1.807, 2.05) is 0 Å². The van der Waals surface area contributed by atoms with Crippen molar-refractivity contribution >= 4 is 51.7 Å². The Morgan fingerprint density at radius 3 is 2.71 bits per heavy atom. The molecule has 9 heteroatoms. The monoisotopic (exact) mass is 346 g/mol. The van der Waals surface area contributed by atoms with Crippen molar-refractivity contribution in [3.63, 3.8) is 0 Å². The highest BCUT2D eigenvalue weighted by molar-refractivity contribution is 7.14. The Balaban J connectivity index is 2.27. The van der Waals surface area contributed by atoms with Crippen LogP contribution in [0.5, 0.6) is 11.5 Å². The molecule has 0 amide bonds. The third kappa shape index (κ3) is 3.49. The summed E-state index contributed by atoms with van der Waals surface area (Å²) in [4.78, 5) is 4.01. The van der Waals surface area contributed by atoms with Crippen LogP contribution in [0.3, 0.4) is 0 Å². The van der Waals surface area contributed by atoms with E-state index in [1.165, 1.54) is 31.8 Å². The number of aromatic nitrogens is 1. The fourth-order valence-corrected chi connectivity index (χ4v) is 2.70. The minimum absolute atomic E-state index is 0.311. The zero-order chi connectivity index (χ0) is 15.4. The molecule has 21 heavy (non-hydrogen) atoms. The van der Waals surface area contributed by atoms with E-state index in [-0.39, 0.29) is 0 Å². The molecule has 6 nitrogen and oxygen atoms in total. The van der Waals surface area contributed by atoms with Gasteiger partial charge in [0.05, 0.1) is 30.5 Å². The maximum atomic E-state index is 6.24. The van der Waals surface area contributed by atoms with Crippen LogP contribution in [0.4, 0.5) is 10.9 Å². The Morgan fingerprint density at radius 1 is 1.38 bits per heavy atom. The topological polar surface area (TPSA) is 81.8 Å². The molecule has 1 aromatic carbocycles. The van der Waals surface area contributed by atoms with E-state index in [4.69, 9.17) is 38.4 Å². The molecule has 0 aliphatic rings. The highest BCUT2D eigenvalue weighted by Gasteiger charge is 2.16. The van der Waals surface area contributed by atoms with Gasteiger partial charge in [0.1, 0.15) is 5.82 Å². The average molecular weight is 347 g/mol. The summed E-state index contributed by atoms with van der Waals surface area (Å²) in [6, 6.07) is 1.61. The lowest BCUT2D eigenvalue weighted by Crippen LogP contribution is -1.97. The van der Waals surface area contributed by atoms with Gasteiger partial charge < -0.3 is 15.2 Å². The Labute approximate surface area is 135 Å². The van der Waals surface area contributed by atoms with Crippen molar-refractivity contribution in [3.8, 4) is 11.5 Å². The van der Waals surface area contributed by atoms with E-state index >= 15 is 0 Å². The van der Waals surface area contributed by atoms with Crippen molar-refractivity contribution in [1.29, 1.82) is 0 Å². The average Bonchev–Trinajstić information content (AvgIpc) is 2.87. The highest BCUT2D eigenvalue weighted by atomic mass is 35.5. The summed E-state index contributed by atoms with van der Waals surface area (Å²) >= 11 is 13.7.